The zero-order chi connectivity index (χ0) is 33.4. The second kappa shape index (κ2) is 14.7. The van der Waals surface area contributed by atoms with Crippen LogP contribution in [-0.4, -0.2) is 5.84 Å². The van der Waals surface area contributed by atoms with Crippen molar-refractivity contribution >= 4 is 33.5 Å². The molecule has 0 radical (unpaired) electrons. The second-order valence-corrected chi connectivity index (χ2v) is 12.2. The summed E-state index contributed by atoms with van der Waals surface area (Å²) in [6.45, 7) is 4.66. The van der Waals surface area contributed by atoms with Crippen molar-refractivity contribution in [1.29, 1.82) is 0 Å². The smallest absolute Gasteiger partial charge is 0.131 e. The molecule has 0 saturated carbocycles. The van der Waals surface area contributed by atoms with Gasteiger partial charge in [-0.15, -0.1) is 0 Å². The number of hydrogen-bond donors (Lipinski definition) is 1. The van der Waals surface area contributed by atoms with Crippen molar-refractivity contribution < 1.29 is 0 Å². The summed E-state index contributed by atoms with van der Waals surface area (Å²) >= 11 is 0. The Kier molecular flexibility index (Phi) is 9.39. The molecule has 2 N–H and O–H groups in total. The lowest BCUT2D eigenvalue weighted by Crippen LogP contribution is -2.13. The van der Waals surface area contributed by atoms with E-state index in [2.05, 4.69) is 152 Å². The number of allylic oxidation sites excluding steroid dienone is 6. The Morgan fingerprint density at radius 1 is 0.612 bits per heavy atom. The number of hydrogen-bond acceptors (Lipinski definition) is 1. The molecule has 2 heteroatoms. The van der Waals surface area contributed by atoms with E-state index in [0.29, 0.717) is 5.84 Å². The van der Waals surface area contributed by atoms with Gasteiger partial charge in [0, 0.05) is 5.56 Å². The highest BCUT2D eigenvalue weighted by molar-refractivity contribution is 6.02. The lowest BCUT2D eigenvalue weighted by Gasteiger charge is -2.21. The van der Waals surface area contributed by atoms with Gasteiger partial charge < -0.3 is 5.73 Å². The van der Waals surface area contributed by atoms with Crippen molar-refractivity contribution in [3.8, 4) is 0 Å². The highest BCUT2D eigenvalue weighted by atomic mass is 14.9. The Morgan fingerprint density at radius 3 is 2.00 bits per heavy atom. The highest BCUT2D eigenvalue weighted by Crippen LogP contribution is 2.39. The Balaban J connectivity index is 1.27. The molecule has 0 aliphatic heterocycles. The van der Waals surface area contributed by atoms with Crippen LogP contribution in [0.2, 0.25) is 0 Å². The molecule has 0 fully saturated rings. The number of nitrogens with zero attached hydrogens (tertiary/aromatic N) is 1. The van der Waals surface area contributed by atoms with E-state index in [1.54, 1.807) is 0 Å². The predicted octanol–water partition coefficient (Wildman–Crippen LogP) is 11.2. The summed E-state index contributed by atoms with van der Waals surface area (Å²) < 4.78 is 0. The van der Waals surface area contributed by atoms with Crippen molar-refractivity contribution in [3.05, 3.63) is 233 Å². The largest absolute Gasteiger partial charge is 0.383 e. The van der Waals surface area contributed by atoms with E-state index in [-0.39, 0.29) is 0 Å². The quantitative estimate of drug-likeness (QED) is 0.125. The minimum Gasteiger partial charge on any atom is -0.383 e. The van der Waals surface area contributed by atoms with Crippen molar-refractivity contribution in [2.24, 2.45) is 10.7 Å². The Morgan fingerprint density at radius 2 is 1.24 bits per heavy atom. The maximum atomic E-state index is 6.53. The van der Waals surface area contributed by atoms with Gasteiger partial charge in [-0.25, -0.2) is 4.99 Å². The van der Waals surface area contributed by atoms with Crippen LogP contribution >= 0.6 is 0 Å². The third-order valence-electron chi connectivity index (χ3n) is 9.00. The molecule has 0 bridgehead atoms. The topological polar surface area (TPSA) is 38.4 Å². The standard InChI is InChI=1S/C47H38N2/c1-34(36-29-31-38(32-30-36)45(33-28-35-16-5-2-6-17-35)49-47(48)40-21-9-4-10-22-40)41-24-13-14-26-43(41)46(39-19-7-3-8-20-39)44-27-15-23-37-18-11-12-25-42(37)44/h2-19,21-27,29-33H,1,20,28H2,(H2,48,49)/b45-33-,46-39+. The first-order chi connectivity index (χ1) is 24.2. The van der Waals surface area contributed by atoms with Crippen LogP contribution in [-0.2, 0) is 6.42 Å². The van der Waals surface area contributed by atoms with E-state index in [9.17, 15) is 0 Å². The van der Waals surface area contributed by atoms with Crippen molar-refractivity contribution in [3.63, 3.8) is 0 Å². The molecule has 6 aromatic rings. The summed E-state index contributed by atoms with van der Waals surface area (Å²) in [7, 11) is 0. The van der Waals surface area contributed by atoms with Crippen molar-refractivity contribution in [1.82, 2.24) is 0 Å². The molecule has 0 aromatic heterocycles. The minimum atomic E-state index is 0.489. The molecule has 7 rings (SSSR count). The second-order valence-electron chi connectivity index (χ2n) is 12.2. The summed E-state index contributed by atoms with van der Waals surface area (Å²) in [5.41, 5.74) is 18.5. The molecule has 0 saturated heterocycles. The number of rotatable bonds is 9. The van der Waals surface area contributed by atoms with Crippen LogP contribution in [0.15, 0.2) is 199 Å². The first-order valence-corrected chi connectivity index (χ1v) is 16.7. The maximum absolute atomic E-state index is 6.53. The monoisotopic (exact) mass is 630 g/mol. The van der Waals surface area contributed by atoms with Gasteiger partial charge in [0.15, 0.2) is 0 Å². The number of aliphatic imine (C=N–C) groups is 1. The summed E-state index contributed by atoms with van der Waals surface area (Å²) in [5, 5.41) is 2.47. The molecule has 0 heterocycles. The minimum absolute atomic E-state index is 0.489. The zero-order valence-electron chi connectivity index (χ0n) is 27.5. The molecule has 2 nitrogen and oxygen atoms in total. The molecule has 0 unspecified atom stereocenters. The first kappa shape index (κ1) is 31.4. The number of amidine groups is 1. The molecular weight excluding hydrogens is 593 g/mol. The normalized spacial score (nSPS) is 14.2. The van der Waals surface area contributed by atoms with Gasteiger partial charge >= 0.3 is 0 Å². The summed E-state index contributed by atoms with van der Waals surface area (Å²) in [6, 6.07) is 52.7. The molecule has 6 aromatic carbocycles. The lowest BCUT2D eigenvalue weighted by molar-refractivity contribution is 1.26. The van der Waals surface area contributed by atoms with Crippen LogP contribution in [0.3, 0.4) is 0 Å². The molecule has 0 spiro atoms. The third kappa shape index (κ3) is 7.05. The molecule has 0 atom stereocenters. The third-order valence-corrected chi connectivity index (χ3v) is 9.00. The Bertz CT molecular complexity index is 2260. The van der Waals surface area contributed by atoms with E-state index < -0.39 is 0 Å². The van der Waals surface area contributed by atoms with E-state index in [1.165, 1.54) is 38.6 Å². The van der Waals surface area contributed by atoms with Gasteiger partial charge in [0.25, 0.3) is 0 Å². The number of fused-ring (bicyclic) bond motifs is 1. The molecular formula is C47H38N2. The average molecular weight is 631 g/mol. The van der Waals surface area contributed by atoms with Gasteiger partial charge in [-0.2, -0.15) is 0 Å². The van der Waals surface area contributed by atoms with Crippen LogP contribution in [0.4, 0.5) is 0 Å². The summed E-state index contributed by atoms with van der Waals surface area (Å²) in [4.78, 5) is 4.93. The number of nitrogens with two attached hydrogens (primary N) is 1. The fraction of sp³-hybridized carbons (Fsp3) is 0.0426. The van der Waals surface area contributed by atoms with E-state index in [1.807, 2.05) is 36.4 Å². The van der Waals surface area contributed by atoms with Crippen LogP contribution in [0.1, 0.15) is 45.4 Å². The molecule has 1 aliphatic rings. The molecule has 49 heavy (non-hydrogen) atoms. The van der Waals surface area contributed by atoms with Crippen LogP contribution < -0.4 is 5.73 Å². The Hall–Kier alpha value is -6.25. The molecule has 0 amide bonds. The van der Waals surface area contributed by atoms with E-state index in [0.717, 1.165) is 46.4 Å². The van der Waals surface area contributed by atoms with E-state index in [4.69, 9.17) is 10.7 Å². The van der Waals surface area contributed by atoms with Crippen LogP contribution in [0.25, 0.3) is 27.6 Å². The van der Waals surface area contributed by atoms with Crippen molar-refractivity contribution in [2.75, 3.05) is 0 Å². The summed E-state index contributed by atoms with van der Waals surface area (Å²) in [6.07, 6.45) is 12.5. The van der Waals surface area contributed by atoms with Gasteiger partial charge in [-0.1, -0.05) is 189 Å². The fourth-order valence-corrected chi connectivity index (χ4v) is 6.46. The van der Waals surface area contributed by atoms with Gasteiger partial charge in [-0.3, -0.25) is 0 Å². The van der Waals surface area contributed by atoms with Gasteiger partial charge in [0.2, 0.25) is 0 Å². The predicted molar refractivity (Wildman–Crippen MR) is 209 cm³/mol. The lowest BCUT2D eigenvalue weighted by atomic mass is 9.83. The van der Waals surface area contributed by atoms with E-state index >= 15 is 0 Å². The number of benzene rings is 6. The van der Waals surface area contributed by atoms with Gasteiger partial charge in [0.1, 0.15) is 5.84 Å². The van der Waals surface area contributed by atoms with Crippen LogP contribution in [0.5, 0.6) is 0 Å². The first-order valence-electron chi connectivity index (χ1n) is 16.7. The molecule has 236 valence electrons. The highest BCUT2D eigenvalue weighted by Gasteiger charge is 2.18. The summed E-state index contributed by atoms with van der Waals surface area (Å²) in [5.74, 6) is 0.489. The average Bonchev–Trinajstić information content (AvgIpc) is 3.18. The van der Waals surface area contributed by atoms with Crippen LogP contribution in [0, 0.1) is 0 Å². The van der Waals surface area contributed by atoms with Gasteiger partial charge in [0.05, 0.1) is 5.70 Å². The molecule has 1 aliphatic carbocycles. The Labute approximate surface area is 289 Å². The zero-order valence-corrected chi connectivity index (χ0v) is 27.5. The fourth-order valence-electron chi connectivity index (χ4n) is 6.46. The SMILES string of the molecule is C=C(c1ccc(/C(=C/Cc2ccccc2)N=C(N)c2ccccc2)cc1)c1ccccc1/C(=C1/C=CC=CC1)c1cccc2ccccc12. The van der Waals surface area contributed by atoms with Gasteiger partial charge in [-0.05, 0) is 73.7 Å². The maximum Gasteiger partial charge on any atom is 0.131 e. The van der Waals surface area contributed by atoms with Crippen molar-refractivity contribution in [2.45, 2.75) is 12.8 Å².